The summed E-state index contributed by atoms with van der Waals surface area (Å²) in [4.78, 5) is 27.3. The lowest BCUT2D eigenvalue weighted by atomic mass is 10.4. The molecular weight excluding hydrogens is 212 g/mol. The first kappa shape index (κ1) is 12.2. The van der Waals surface area contributed by atoms with Crippen molar-refractivity contribution < 1.29 is 14.7 Å². The van der Waals surface area contributed by atoms with Crippen LogP contribution in [0.5, 0.6) is 0 Å². The highest BCUT2D eigenvalue weighted by atomic mass is 16.4. The Kier molecular flexibility index (Phi) is 3.98. The van der Waals surface area contributed by atoms with E-state index >= 15 is 0 Å². The van der Waals surface area contributed by atoms with Gasteiger partial charge in [0, 0.05) is 20.0 Å². The van der Waals surface area contributed by atoms with E-state index in [0.717, 1.165) is 0 Å². The van der Waals surface area contributed by atoms with Gasteiger partial charge in [-0.2, -0.15) is 0 Å². The van der Waals surface area contributed by atoms with Crippen molar-refractivity contribution in [2.75, 3.05) is 13.6 Å². The van der Waals surface area contributed by atoms with Crippen molar-refractivity contribution in [2.24, 2.45) is 0 Å². The Labute approximate surface area is 92.5 Å². The van der Waals surface area contributed by atoms with Crippen molar-refractivity contribution in [1.29, 1.82) is 0 Å². The molecule has 1 amide bonds. The van der Waals surface area contributed by atoms with Gasteiger partial charge < -0.3 is 10.0 Å². The number of carbonyl (C=O) groups is 2. The molecule has 88 valence electrons. The Morgan fingerprint density at radius 1 is 1.50 bits per heavy atom. The Balaban J connectivity index is 2.59. The van der Waals surface area contributed by atoms with Crippen molar-refractivity contribution in [3.8, 4) is 0 Å². The molecule has 7 nitrogen and oxygen atoms in total. The normalized spacial score (nSPS) is 10.1. The number of hydrogen-bond acceptors (Lipinski definition) is 4. The Morgan fingerprint density at radius 2 is 2.19 bits per heavy atom. The molecule has 0 aromatic carbocycles. The average Bonchev–Trinajstić information content (AvgIpc) is 2.73. The van der Waals surface area contributed by atoms with Gasteiger partial charge in [-0.1, -0.05) is 6.92 Å². The van der Waals surface area contributed by atoms with Gasteiger partial charge in [-0.25, -0.2) is 4.98 Å². The van der Waals surface area contributed by atoms with Gasteiger partial charge in [0.05, 0.1) is 6.42 Å². The predicted octanol–water partition coefficient (Wildman–Crippen LogP) is -0.0862. The summed E-state index contributed by atoms with van der Waals surface area (Å²) in [5.41, 5.74) is 0. The van der Waals surface area contributed by atoms with E-state index in [1.165, 1.54) is 11.9 Å². The van der Waals surface area contributed by atoms with E-state index in [1.54, 1.807) is 0 Å². The molecule has 2 N–H and O–H groups in total. The highest BCUT2D eigenvalue weighted by Gasteiger charge is 2.17. The molecule has 0 unspecified atom stereocenters. The number of amides is 1. The average molecular weight is 226 g/mol. The minimum Gasteiger partial charge on any atom is -0.481 e. The quantitative estimate of drug-likeness (QED) is 0.731. The van der Waals surface area contributed by atoms with Crippen LogP contribution < -0.4 is 0 Å². The van der Waals surface area contributed by atoms with E-state index in [0.29, 0.717) is 12.2 Å². The largest absolute Gasteiger partial charge is 0.481 e. The summed E-state index contributed by atoms with van der Waals surface area (Å²) >= 11 is 0. The van der Waals surface area contributed by atoms with Gasteiger partial charge in [-0.05, 0) is 0 Å². The lowest BCUT2D eigenvalue weighted by Gasteiger charge is -2.13. The number of carboxylic acid groups (broad SMARTS) is 1. The summed E-state index contributed by atoms with van der Waals surface area (Å²) < 4.78 is 0. The first-order valence-electron chi connectivity index (χ1n) is 4.93. The highest BCUT2D eigenvalue weighted by Crippen LogP contribution is 1.99. The van der Waals surface area contributed by atoms with Gasteiger partial charge in [-0.3, -0.25) is 14.7 Å². The van der Waals surface area contributed by atoms with Crippen LogP contribution in [0, 0.1) is 0 Å². The molecule has 0 aliphatic carbocycles. The third kappa shape index (κ3) is 3.04. The number of carbonyl (C=O) groups excluding carboxylic acids is 1. The van der Waals surface area contributed by atoms with E-state index in [4.69, 9.17) is 5.11 Å². The number of H-pyrrole nitrogens is 1. The number of aromatic amines is 1. The monoisotopic (exact) mass is 226 g/mol. The zero-order chi connectivity index (χ0) is 12.1. The maximum Gasteiger partial charge on any atom is 0.305 e. The molecule has 0 saturated carbocycles. The molecule has 0 fully saturated rings. The fourth-order valence-electron chi connectivity index (χ4n) is 1.08. The summed E-state index contributed by atoms with van der Waals surface area (Å²) in [5, 5.41) is 14.9. The third-order valence-electron chi connectivity index (χ3n) is 2.07. The summed E-state index contributed by atoms with van der Waals surface area (Å²) in [5.74, 6) is -0.610. The van der Waals surface area contributed by atoms with Crippen LogP contribution in [0.1, 0.15) is 29.8 Å². The molecule has 0 spiro atoms. The molecule has 0 aliphatic heterocycles. The van der Waals surface area contributed by atoms with Crippen LogP contribution in [-0.4, -0.2) is 50.7 Å². The van der Waals surface area contributed by atoms with Crippen LogP contribution in [0.15, 0.2) is 0 Å². The molecule has 0 atom stereocenters. The van der Waals surface area contributed by atoms with Gasteiger partial charge in [-0.15, -0.1) is 5.10 Å². The van der Waals surface area contributed by atoms with Gasteiger partial charge >= 0.3 is 5.97 Å². The molecule has 1 rings (SSSR count). The fourth-order valence-corrected chi connectivity index (χ4v) is 1.08. The van der Waals surface area contributed by atoms with Crippen molar-refractivity contribution in [2.45, 2.75) is 19.8 Å². The summed E-state index contributed by atoms with van der Waals surface area (Å²) in [7, 11) is 1.52. The Hall–Kier alpha value is -1.92. The predicted molar refractivity (Wildman–Crippen MR) is 55.0 cm³/mol. The van der Waals surface area contributed by atoms with E-state index in [-0.39, 0.29) is 24.7 Å². The Morgan fingerprint density at radius 3 is 2.69 bits per heavy atom. The van der Waals surface area contributed by atoms with Crippen molar-refractivity contribution in [3.05, 3.63) is 11.6 Å². The zero-order valence-corrected chi connectivity index (χ0v) is 9.23. The van der Waals surface area contributed by atoms with E-state index in [2.05, 4.69) is 15.2 Å². The van der Waals surface area contributed by atoms with Crippen LogP contribution >= 0.6 is 0 Å². The highest BCUT2D eigenvalue weighted by molar-refractivity contribution is 5.90. The molecule has 1 aromatic heterocycles. The molecule has 0 bridgehead atoms. The zero-order valence-electron chi connectivity index (χ0n) is 9.23. The second-order valence-corrected chi connectivity index (χ2v) is 3.33. The fraction of sp³-hybridized carbons (Fsp3) is 0.556. The minimum absolute atomic E-state index is 0.0738. The van der Waals surface area contributed by atoms with Gasteiger partial charge in [0.15, 0.2) is 0 Å². The van der Waals surface area contributed by atoms with Gasteiger partial charge in [0.25, 0.3) is 5.91 Å². The third-order valence-corrected chi connectivity index (χ3v) is 2.07. The lowest BCUT2D eigenvalue weighted by Crippen LogP contribution is -2.29. The standard InChI is InChI=1S/C9H14N4O3/c1-3-6-10-8(12-11-6)9(16)13(2)5-4-7(14)15/h3-5H2,1-2H3,(H,14,15)(H,10,11,12). The second kappa shape index (κ2) is 5.24. The number of carboxylic acids is 1. The van der Waals surface area contributed by atoms with Crippen molar-refractivity contribution in [3.63, 3.8) is 0 Å². The van der Waals surface area contributed by atoms with Crippen LogP contribution in [0.2, 0.25) is 0 Å². The van der Waals surface area contributed by atoms with E-state index in [9.17, 15) is 9.59 Å². The first-order chi connectivity index (χ1) is 7.54. The summed E-state index contributed by atoms with van der Waals surface area (Å²) in [6.07, 6.45) is 0.576. The molecule has 0 radical (unpaired) electrons. The van der Waals surface area contributed by atoms with Gasteiger partial charge in [0.2, 0.25) is 5.82 Å². The second-order valence-electron chi connectivity index (χ2n) is 3.33. The minimum atomic E-state index is -0.941. The maximum absolute atomic E-state index is 11.7. The number of aromatic nitrogens is 3. The van der Waals surface area contributed by atoms with Crippen molar-refractivity contribution >= 4 is 11.9 Å². The van der Waals surface area contributed by atoms with Crippen molar-refractivity contribution in [1.82, 2.24) is 20.1 Å². The van der Waals surface area contributed by atoms with Crippen LogP contribution in [-0.2, 0) is 11.2 Å². The van der Waals surface area contributed by atoms with E-state index < -0.39 is 5.97 Å². The lowest BCUT2D eigenvalue weighted by molar-refractivity contribution is -0.137. The summed E-state index contributed by atoms with van der Waals surface area (Å²) in [6.45, 7) is 2.03. The molecule has 16 heavy (non-hydrogen) atoms. The SMILES string of the molecule is CCc1nc(C(=O)N(C)CCC(=O)O)n[nH]1. The van der Waals surface area contributed by atoms with Crippen LogP contribution in [0.25, 0.3) is 0 Å². The maximum atomic E-state index is 11.7. The molecular formula is C9H14N4O3. The number of hydrogen-bond donors (Lipinski definition) is 2. The molecule has 0 aliphatic rings. The number of aliphatic carboxylic acids is 1. The summed E-state index contributed by atoms with van der Waals surface area (Å²) in [6, 6.07) is 0. The number of aryl methyl sites for hydroxylation is 1. The topological polar surface area (TPSA) is 99.2 Å². The van der Waals surface area contributed by atoms with Crippen LogP contribution in [0.3, 0.4) is 0 Å². The number of rotatable bonds is 5. The smallest absolute Gasteiger partial charge is 0.305 e. The van der Waals surface area contributed by atoms with Crippen LogP contribution in [0.4, 0.5) is 0 Å². The first-order valence-corrected chi connectivity index (χ1v) is 4.93. The Bertz CT molecular complexity index is 388. The molecule has 7 heteroatoms. The molecule has 1 heterocycles. The molecule has 1 aromatic rings. The number of nitrogens with zero attached hydrogens (tertiary/aromatic N) is 3. The van der Waals surface area contributed by atoms with E-state index in [1.807, 2.05) is 6.92 Å². The number of nitrogens with one attached hydrogen (secondary N) is 1. The van der Waals surface area contributed by atoms with Gasteiger partial charge in [0.1, 0.15) is 5.82 Å². The molecule has 0 saturated heterocycles.